The molecular formula is C4H12O2P2S. The molecule has 0 aromatic rings. The SMILES string of the molecule is CCCPPOCSO. The average molecular weight is 186 g/mol. The summed E-state index contributed by atoms with van der Waals surface area (Å²) >= 11 is 0.749. The summed E-state index contributed by atoms with van der Waals surface area (Å²) in [7, 11) is 1.52. The molecule has 0 aromatic heterocycles. The van der Waals surface area contributed by atoms with Gasteiger partial charge in [0.25, 0.3) is 0 Å². The Morgan fingerprint density at radius 2 is 2.44 bits per heavy atom. The fourth-order valence-corrected chi connectivity index (χ4v) is 3.08. The second-order valence-corrected chi connectivity index (χ2v) is 4.93. The number of rotatable bonds is 6. The van der Waals surface area contributed by atoms with E-state index in [1.54, 1.807) is 0 Å². The maximum Gasteiger partial charge on any atom is 0.122 e. The Morgan fingerprint density at radius 3 is 3.00 bits per heavy atom. The van der Waals surface area contributed by atoms with Crippen LogP contribution in [-0.4, -0.2) is 16.7 Å². The molecule has 0 saturated carbocycles. The van der Waals surface area contributed by atoms with Crippen molar-refractivity contribution in [2.45, 2.75) is 13.3 Å². The van der Waals surface area contributed by atoms with Crippen molar-refractivity contribution in [2.24, 2.45) is 0 Å². The van der Waals surface area contributed by atoms with Gasteiger partial charge in [-0.25, -0.2) is 0 Å². The van der Waals surface area contributed by atoms with Gasteiger partial charge in [-0.05, 0) is 6.16 Å². The maximum absolute atomic E-state index is 8.22. The molecule has 0 heterocycles. The Hall–Kier alpha value is 1.13. The molecular weight excluding hydrogens is 174 g/mol. The standard InChI is InChI=1S/C4H12O2P2S/c1-2-3-7-8-6-4-9-5/h5,7-8H,2-4H2,1H3. The second kappa shape index (κ2) is 9.13. The topological polar surface area (TPSA) is 29.5 Å². The normalized spacial score (nSPS) is 12.7. The Bertz CT molecular complexity index is 49.8. The van der Waals surface area contributed by atoms with E-state index in [0.717, 1.165) is 20.3 Å². The molecule has 2 unspecified atom stereocenters. The largest absolute Gasteiger partial charge is 0.345 e. The first kappa shape index (κ1) is 10.1. The first-order valence-corrected chi connectivity index (χ1v) is 6.83. The first-order valence-electron chi connectivity index (χ1n) is 2.77. The van der Waals surface area contributed by atoms with Crippen LogP contribution in [0.5, 0.6) is 0 Å². The zero-order chi connectivity index (χ0) is 6.95. The Balaban J connectivity index is 2.60. The molecule has 0 aromatic carbocycles. The molecule has 0 rings (SSSR count). The summed E-state index contributed by atoms with van der Waals surface area (Å²) in [6.45, 7) is 2.16. The molecule has 2 nitrogen and oxygen atoms in total. The Kier molecular flexibility index (Phi) is 10.3. The van der Waals surface area contributed by atoms with E-state index in [1.807, 2.05) is 0 Å². The van der Waals surface area contributed by atoms with E-state index in [9.17, 15) is 0 Å². The zero-order valence-corrected chi connectivity index (χ0v) is 8.20. The summed E-state index contributed by atoms with van der Waals surface area (Å²) in [5.74, 6) is 0.426. The van der Waals surface area contributed by atoms with Gasteiger partial charge in [-0.3, -0.25) is 0 Å². The maximum atomic E-state index is 8.22. The summed E-state index contributed by atoms with van der Waals surface area (Å²) in [6, 6.07) is 0. The summed E-state index contributed by atoms with van der Waals surface area (Å²) in [5, 5.41) is 0. The van der Waals surface area contributed by atoms with E-state index in [1.165, 1.54) is 12.6 Å². The third-order valence-electron chi connectivity index (χ3n) is 0.631. The molecule has 0 aliphatic heterocycles. The van der Waals surface area contributed by atoms with Crippen molar-refractivity contribution in [3.8, 4) is 0 Å². The highest BCUT2D eigenvalue weighted by atomic mass is 32.2. The molecule has 9 heavy (non-hydrogen) atoms. The zero-order valence-electron chi connectivity index (χ0n) is 5.39. The van der Waals surface area contributed by atoms with Crippen LogP contribution in [0.2, 0.25) is 0 Å². The summed E-state index contributed by atoms with van der Waals surface area (Å²) in [5.41, 5.74) is 0. The van der Waals surface area contributed by atoms with E-state index in [4.69, 9.17) is 9.08 Å². The summed E-state index contributed by atoms with van der Waals surface area (Å²) in [6.07, 6.45) is 2.50. The third-order valence-corrected chi connectivity index (χ3v) is 3.86. The monoisotopic (exact) mass is 186 g/mol. The molecule has 56 valence electrons. The predicted molar refractivity (Wildman–Crippen MR) is 48.0 cm³/mol. The highest BCUT2D eigenvalue weighted by Gasteiger charge is 1.85. The van der Waals surface area contributed by atoms with Crippen LogP contribution in [0, 0.1) is 0 Å². The van der Waals surface area contributed by atoms with Gasteiger partial charge in [-0.2, -0.15) is 0 Å². The fraction of sp³-hybridized carbons (Fsp3) is 1.00. The molecule has 1 N–H and O–H groups in total. The van der Waals surface area contributed by atoms with Crippen molar-refractivity contribution >= 4 is 28.8 Å². The van der Waals surface area contributed by atoms with Crippen molar-refractivity contribution in [2.75, 3.05) is 12.1 Å². The van der Waals surface area contributed by atoms with Crippen LogP contribution in [0.15, 0.2) is 0 Å². The minimum atomic E-state index is 0.426. The molecule has 0 aliphatic carbocycles. The van der Waals surface area contributed by atoms with E-state index < -0.39 is 0 Å². The van der Waals surface area contributed by atoms with Gasteiger partial charge in [0, 0.05) is 20.5 Å². The molecule has 0 radical (unpaired) electrons. The van der Waals surface area contributed by atoms with Gasteiger partial charge in [0.15, 0.2) is 0 Å². The van der Waals surface area contributed by atoms with Crippen LogP contribution < -0.4 is 0 Å². The van der Waals surface area contributed by atoms with Gasteiger partial charge in [-0.15, -0.1) is 0 Å². The van der Waals surface area contributed by atoms with Crippen molar-refractivity contribution in [3.63, 3.8) is 0 Å². The number of hydrogen-bond donors (Lipinski definition) is 1. The Labute approximate surface area is 63.9 Å². The van der Waals surface area contributed by atoms with E-state index in [-0.39, 0.29) is 0 Å². The molecule has 0 saturated heterocycles. The molecule has 0 amide bonds. The average Bonchev–Trinajstić information content (AvgIpc) is 1.89. The minimum Gasteiger partial charge on any atom is -0.345 e. The molecule has 0 aliphatic rings. The summed E-state index contributed by atoms with van der Waals surface area (Å²) < 4.78 is 13.3. The molecule has 0 spiro atoms. The molecule has 2 atom stereocenters. The lowest BCUT2D eigenvalue weighted by atomic mass is 10.6. The quantitative estimate of drug-likeness (QED) is 0.299. The van der Waals surface area contributed by atoms with Crippen molar-refractivity contribution in [1.29, 1.82) is 0 Å². The fourth-order valence-electron chi connectivity index (χ4n) is 0.283. The lowest BCUT2D eigenvalue weighted by molar-refractivity contribution is 0.447. The van der Waals surface area contributed by atoms with Crippen LogP contribution in [0.4, 0.5) is 0 Å². The summed E-state index contributed by atoms with van der Waals surface area (Å²) in [4.78, 5) is 0. The van der Waals surface area contributed by atoms with Crippen LogP contribution in [0.3, 0.4) is 0 Å². The molecule has 5 heteroatoms. The predicted octanol–water partition coefficient (Wildman–Crippen LogP) is 2.76. The van der Waals surface area contributed by atoms with Crippen LogP contribution in [0.25, 0.3) is 0 Å². The number of hydrogen-bond acceptors (Lipinski definition) is 3. The van der Waals surface area contributed by atoms with Crippen LogP contribution >= 0.6 is 28.8 Å². The molecule has 0 bridgehead atoms. The molecule has 0 fully saturated rings. The first-order chi connectivity index (χ1) is 4.41. The van der Waals surface area contributed by atoms with Gasteiger partial charge in [-0.1, -0.05) is 21.6 Å². The van der Waals surface area contributed by atoms with E-state index >= 15 is 0 Å². The van der Waals surface area contributed by atoms with Gasteiger partial charge in [0.1, 0.15) is 5.94 Å². The lowest BCUT2D eigenvalue weighted by Gasteiger charge is -1.98. The Morgan fingerprint density at radius 1 is 1.67 bits per heavy atom. The van der Waals surface area contributed by atoms with Gasteiger partial charge < -0.3 is 9.08 Å². The highest BCUT2D eigenvalue weighted by molar-refractivity contribution is 8.09. The van der Waals surface area contributed by atoms with E-state index in [0.29, 0.717) is 14.4 Å². The van der Waals surface area contributed by atoms with Crippen molar-refractivity contribution in [3.05, 3.63) is 0 Å². The van der Waals surface area contributed by atoms with Crippen LogP contribution in [-0.2, 0) is 4.52 Å². The van der Waals surface area contributed by atoms with Gasteiger partial charge in [0.05, 0.1) is 0 Å². The van der Waals surface area contributed by atoms with E-state index in [2.05, 4.69) is 6.92 Å². The lowest BCUT2D eigenvalue weighted by Crippen LogP contribution is -1.72. The van der Waals surface area contributed by atoms with Crippen molar-refractivity contribution in [1.82, 2.24) is 0 Å². The van der Waals surface area contributed by atoms with Crippen molar-refractivity contribution < 1.29 is 9.08 Å². The van der Waals surface area contributed by atoms with Crippen LogP contribution in [0.1, 0.15) is 13.3 Å². The third kappa shape index (κ3) is 9.13. The smallest absolute Gasteiger partial charge is 0.122 e. The second-order valence-electron chi connectivity index (χ2n) is 1.42. The van der Waals surface area contributed by atoms with Gasteiger partial charge >= 0.3 is 0 Å². The van der Waals surface area contributed by atoms with Gasteiger partial charge in [0.2, 0.25) is 0 Å². The highest BCUT2D eigenvalue weighted by Crippen LogP contribution is 2.38. The minimum absolute atomic E-state index is 0.426.